The number of carboxylic acid groups (broad SMARTS) is 1. The minimum atomic E-state index is -4.57. The van der Waals surface area contributed by atoms with Crippen molar-refractivity contribution in [3.63, 3.8) is 0 Å². The molecule has 4 nitrogen and oxygen atoms in total. The number of amides is 1. The molecule has 0 aliphatic heterocycles. The highest BCUT2D eigenvalue weighted by atomic mass is 19.4. The van der Waals surface area contributed by atoms with Crippen LogP contribution in [0.1, 0.15) is 17.5 Å². The number of halogens is 3. The third kappa shape index (κ3) is 5.55. The zero-order valence-electron chi connectivity index (χ0n) is 10.5. The SMILES string of the molecule is Cc1ccc(C=CC(=O)O)cc1NC(=O)CC(F)(F)F. The molecule has 0 aliphatic carbocycles. The van der Waals surface area contributed by atoms with Gasteiger partial charge in [-0.05, 0) is 30.2 Å². The number of anilines is 1. The zero-order valence-corrected chi connectivity index (χ0v) is 10.5. The Morgan fingerprint density at radius 2 is 2.00 bits per heavy atom. The monoisotopic (exact) mass is 287 g/mol. The van der Waals surface area contributed by atoms with Crippen molar-refractivity contribution in [3.05, 3.63) is 35.4 Å². The van der Waals surface area contributed by atoms with E-state index in [9.17, 15) is 22.8 Å². The van der Waals surface area contributed by atoms with Gasteiger partial charge in [0, 0.05) is 11.8 Å². The molecule has 0 aliphatic rings. The summed E-state index contributed by atoms with van der Waals surface area (Å²) in [6.07, 6.45) is -3.96. The van der Waals surface area contributed by atoms with Crippen molar-refractivity contribution in [2.24, 2.45) is 0 Å². The van der Waals surface area contributed by atoms with E-state index in [1.807, 2.05) is 0 Å². The van der Waals surface area contributed by atoms with Gasteiger partial charge in [-0.25, -0.2) is 4.79 Å². The van der Waals surface area contributed by atoms with E-state index in [0.717, 1.165) is 6.08 Å². The van der Waals surface area contributed by atoms with E-state index in [1.165, 1.54) is 12.1 Å². The number of benzene rings is 1. The summed E-state index contributed by atoms with van der Waals surface area (Å²) in [6.45, 7) is 1.62. The number of carbonyl (C=O) groups excluding carboxylic acids is 1. The number of hydrogen-bond donors (Lipinski definition) is 2. The summed E-state index contributed by atoms with van der Waals surface area (Å²) >= 11 is 0. The molecular formula is C13H12F3NO3. The van der Waals surface area contributed by atoms with Crippen LogP contribution in [-0.2, 0) is 9.59 Å². The van der Waals surface area contributed by atoms with Crippen molar-refractivity contribution in [3.8, 4) is 0 Å². The fourth-order valence-electron chi connectivity index (χ4n) is 1.42. The average Bonchev–Trinajstić information content (AvgIpc) is 2.27. The van der Waals surface area contributed by atoms with Crippen LogP contribution < -0.4 is 5.32 Å². The third-order valence-corrected chi connectivity index (χ3v) is 2.32. The Morgan fingerprint density at radius 1 is 1.35 bits per heavy atom. The fourth-order valence-corrected chi connectivity index (χ4v) is 1.42. The number of rotatable bonds is 4. The topological polar surface area (TPSA) is 66.4 Å². The van der Waals surface area contributed by atoms with Gasteiger partial charge in [-0.15, -0.1) is 0 Å². The largest absolute Gasteiger partial charge is 0.478 e. The minimum Gasteiger partial charge on any atom is -0.478 e. The molecule has 0 saturated carbocycles. The molecule has 0 fully saturated rings. The standard InChI is InChI=1S/C13H12F3NO3/c1-8-2-3-9(4-5-12(19)20)6-10(8)17-11(18)7-13(14,15)16/h2-6H,7H2,1H3,(H,17,18)(H,19,20). The number of hydrogen-bond acceptors (Lipinski definition) is 2. The Kier molecular flexibility index (Phi) is 4.90. The van der Waals surface area contributed by atoms with Crippen LogP contribution in [-0.4, -0.2) is 23.2 Å². The van der Waals surface area contributed by atoms with Crippen LogP contribution >= 0.6 is 0 Å². The molecular weight excluding hydrogens is 275 g/mol. The molecule has 0 heterocycles. The van der Waals surface area contributed by atoms with Crippen LogP contribution in [0.4, 0.5) is 18.9 Å². The highest BCUT2D eigenvalue weighted by Crippen LogP contribution is 2.22. The van der Waals surface area contributed by atoms with Crippen LogP contribution in [0.5, 0.6) is 0 Å². The van der Waals surface area contributed by atoms with Gasteiger partial charge in [0.15, 0.2) is 0 Å². The van der Waals surface area contributed by atoms with Crippen LogP contribution in [0.2, 0.25) is 0 Å². The molecule has 108 valence electrons. The quantitative estimate of drug-likeness (QED) is 0.837. The first kappa shape index (κ1) is 15.7. The smallest absolute Gasteiger partial charge is 0.397 e. The number of nitrogens with one attached hydrogen (secondary N) is 1. The Bertz CT molecular complexity index is 550. The van der Waals surface area contributed by atoms with E-state index in [2.05, 4.69) is 5.32 Å². The first-order valence-electron chi connectivity index (χ1n) is 5.55. The summed E-state index contributed by atoms with van der Waals surface area (Å²) in [6, 6.07) is 4.57. The maximum atomic E-state index is 12.1. The van der Waals surface area contributed by atoms with Gasteiger partial charge < -0.3 is 10.4 Å². The maximum absolute atomic E-state index is 12.1. The van der Waals surface area contributed by atoms with Crippen LogP contribution in [0.25, 0.3) is 6.08 Å². The molecule has 0 atom stereocenters. The lowest BCUT2D eigenvalue weighted by molar-refractivity contribution is -0.150. The lowest BCUT2D eigenvalue weighted by Crippen LogP contribution is -2.21. The molecule has 0 saturated heterocycles. The van der Waals surface area contributed by atoms with Crippen molar-refractivity contribution < 1.29 is 27.9 Å². The molecule has 0 radical (unpaired) electrons. The first-order chi connectivity index (χ1) is 9.17. The second-order valence-electron chi connectivity index (χ2n) is 4.09. The molecule has 0 bridgehead atoms. The Balaban J connectivity index is 2.87. The molecule has 1 amide bonds. The highest BCUT2D eigenvalue weighted by Gasteiger charge is 2.31. The number of aliphatic carboxylic acids is 1. The predicted octanol–water partition coefficient (Wildman–Crippen LogP) is 2.98. The average molecular weight is 287 g/mol. The van der Waals surface area contributed by atoms with Crippen LogP contribution in [0, 0.1) is 6.92 Å². The van der Waals surface area contributed by atoms with Crippen LogP contribution in [0.15, 0.2) is 24.3 Å². The lowest BCUT2D eigenvalue weighted by atomic mass is 10.1. The molecule has 1 aromatic rings. The summed E-state index contributed by atoms with van der Waals surface area (Å²) in [5.74, 6) is -2.31. The van der Waals surface area contributed by atoms with Crippen molar-refractivity contribution >= 4 is 23.6 Å². The molecule has 7 heteroatoms. The van der Waals surface area contributed by atoms with Gasteiger partial charge in [0.25, 0.3) is 0 Å². The summed E-state index contributed by atoms with van der Waals surface area (Å²) < 4.78 is 36.2. The van der Waals surface area contributed by atoms with E-state index in [4.69, 9.17) is 5.11 Å². The van der Waals surface area contributed by atoms with Gasteiger partial charge in [0.1, 0.15) is 6.42 Å². The first-order valence-corrected chi connectivity index (χ1v) is 5.55. The number of alkyl halides is 3. The van der Waals surface area contributed by atoms with Crippen molar-refractivity contribution in [1.29, 1.82) is 0 Å². The van der Waals surface area contributed by atoms with Crippen molar-refractivity contribution in [1.82, 2.24) is 0 Å². The van der Waals surface area contributed by atoms with Gasteiger partial charge in [0.2, 0.25) is 5.91 Å². The van der Waals surface area contributed by atoms with E-state index >= 15 is 0 Å². The molecule has 1 rings (SSSR count). The normalized spacial score (nSPS) is 11.6. The van der Waals surface area contributed by atoms with Crippen molar-refractivity contribution in [2.45, 2.75) is 19.5 Å². The minimum absolute atomic E-state index is 0.215. The highest BCUT2D eigenvalue weighted by molar-refractivity contribution is 5.92. The second-order valence-corrected chi connectivity index (χ2v) is 4.09. The Labute approximate surface area is 112 Å². The number of carboxylic acids is 1. The molecule has 1 aromatic carbocycles. The van der Waals surface area contributed by atoms with E-state index in [1.54, 1.807) is 19.1 Å². The van der Waals surface area contributed by atoms with Gasteiger partial charge in [-0.1, -0.05) is 12.1 Å². The molecule has 0 aromatic heterocycles. The molecule has 20 heavy (non-hydrogen) atoms. The summed E-state index contributed by atoms with van der Waals surface area (Å²) in [4.78, 5) is 21.6. The van der Waals surface area contributed by atoms with Gasteiger partial charge in [-0.3, -0.25) is 4.79 Å². The third-order valence-electron chi connectivity index (χ3n) is 2.32. The van der Waals surface area contributed by atoms with E-state index in [-0.39, 0.29) is 5.69 Å². The summed E-state index contributed by atoms with van der Waals surface area (Å²) in [5.41, 5.74) is 1.25. The number of carbonyl (C=O) groups is 2. The number of aryl methyl sites for hydroxylation is 1. The van der Waals surface area contributed by atoms with Gasteiger partial charge in [-0.2, -0.15) is 13.2 Å². The van der Waals surface area contributed by atoms with Gasteiger partial charge in [0.05, 0.1) is 0 Å². The zero-order chi connectivity index (χ0) is 15.3. The maximum Gasteiger partial charge on any atom is 0.397 e. The molecule has 0 unspecified atom stereocenters. The second kappa shape index (κ2) is 6.23. The summed E-state index contributed by atoms with van der Waals surface area (Å²) in [7, 11) is 0. The lowest BCUT2D eigenvalue weighted by Gasteiger charge is -2.10. The molecule has 2 N–H and O–H groups in total. The van der Waals surface area contributed by atoms with Crippen LogP contribution in [0.3, 0.4) is 0 Å². The Hall–Kier alpha value is -2.31. The van der Waals surface area contributed by atoms with Crippen molar-refractivity contribution in [2.75, 3.05) is 5.32 Å². The Morgan fingerprint density at radius 3 is 2.55 bits per heavy atom. The van der Waals surface area contributed by atoms with E-state index < -0.39 is 24.5 Å². The van der Waals surface area contributed by atoms with Gasteiger partial charge >= 0.3 is 12.1 Å². The molecule has 0 spiro atoms. The predicted molar refractivity (Wildman–Crippen MR) is 67.2 cm³/mol. The summed E-state index contributed by atoms with van der Waals surface area (Å²) in [5, 5.41) is 10.6. The fraction of sp³-hybridized carbons (Fsp3) is 0.231. The van der Waals surface area contributed by atoms with E-state index in [0.29, 0.717) is 11.1 Å².